The van der Waals surface area contributed by atoms with Gasteiger partial charge in [0.1, 0.15) is 6.04 Å². The maximum absolute atomic E-state index is 10.1. The smallest absolute Gasteiger partial charge is 0.373 e. The average molecular weight is 190 g/mol. The molecule has 0 aromatic heterocycles. The fourth-order valence-electron chi connectivity index (χ4n) is 0.421. The van der Waals surface area contributed by atoms with E-state index in [1.807, 2.05) is 0 Å². The first-order valence-corrected chi connectivity index (χ1v) is 3.21. The summed E-state index contributed by atoms with van der Waals surface area (Å²) in [6.45, 7) is 0. The maximum Gasteiger partial charge on any atom is 0.373 e. The van der Waals surface area contributed by atoms with Crippen LogP contribution in [0, 0.1) is 0 Å². The minimum absolute atomic E-state index is 0.0213. The van der Waals surface area contributed by atoms with Crippen molar-refractivity contribution in [2.24, 2.45) is 11.5 Å². The fourth-order valence-corrected chi connectivity index (χ4v) is 0.421. The van der Waals surface area contributed by atoms with Gasteiger partial charge in [-0.3, -0.25) is 9.59 Å². The van der Waals surface area contributed by atoms with Crippen molar-refractivity contribution >= 4 is 18.0 Å². The molecule has 1 amide bonds. The molecule has 0 heterocycles. The number of carbonyl (C=O) groups is 2. The van der Waals surface area contributed by atoms with Crippen LogP contribution in [-0.4, -0.2) is 29.2 Å². The number of carbonyl (C=O) groups excluding carboxylic acids is 3. The van der Waals surface area contributed by atoms with Crippen LogP contribution < -0.4 is 11.5 Å². The van der Waals surface area contributed by atoms with Crippen molar-refractivity contribution in [3.8, 4) is 0 Å². The molecule has 0 radical (unpaired) electrons. The topological polar surface area (TPSA) is 141 Å². The second-order valence-electron chi connectivity index (χ2n) is 2.03. The van der Waals surface area contributed by atoms with Gasteiger partial charge in [0.05, 0.1) is 0 Å². The van der Waals surface area contributed by atoms with Gasteiger partial charge in [-0.25, -0.2) is 0 Å². The van der Waals surface area contributed by atoms with Gasteiger partial charge >= 0.3 is 12.1 Å². The van der Waals surface area contributed by atoms with E-state index in [1.54, 1.807) is 0 Å². The van der Waals surface area contributed by atoms with Crippen molar-refractivity contribution in [3.63, 3.8) is 0 Å². The standard InChI is InChI=1S/C5H10N2O3.CO2/c6-3(5(9)10)1-2-4(7)8;2-1-3/h3H,1-2,6H2,(H2,7,8)(H,9,10);/t3-;/m0./s1. The molecule has 0 aromatic rings. The lowest BCUT2D eigenvalue weighted by Crippen LogP contribution is -2.31. The number of primary amides is 1. The zero-order valence-electron chi connectivity index (χ0n) is 6.73. The van der Waals surface area contributed by atoms with E-state index < -0.39 is 17.9 Å². The SMILES string of the molecule is NC(=O)CC[C@H](N)C(=O)O.O=C=O. The maximum atomic E-state index is 10.1. The summed E-state index contributed by atoms with van der Waals surface area (Å²) in [6, 6.07) is -0.979. The molecule has 0 bridgehead atoms. The predicted octanol–water partition coefficient (Wildman–Crippen LogP) is -1.92. The molecule has 7 heteroatoms. The van der Waals surface area contributed by atoms with Crippen LogP contribution in [0.25, 0.3) is 0 Å². The van der Waals surface area contributed by atoms with E-state index in [-0.39, 0.29) is 19.0 Å². The van der Waals surface area contributed by atoms with Gasteiger partial charge in [0.15, 0.2) is 0 Å². The number of aliphatic carboxylic acids is 1. The quantitative estimate of drug-likeness (QED) is 0.471. The summed E-state index contributed by atoms with van der Waals surface area (Å²) in [4.78, 5) is 36.4. The van der Waals surface area contributed by atoms with Crippen molar-refractivity contribution in [1.29, 1.82) is 0 Å². The fraction of sp³-hybridized carbons (Fsp3) is 0.500. The molecular formula is C6H10N2O5. The Kier molecular flexibility index (Phi) is 8.92. The lowest BCUT2D eigenvalue weighted by atomic mass is 10.2. The number of carboxylic acid groups (broad SMARTS) is 1. The molecule has 5 N–H and O–H groups in total. The third-order valence-corrected chi connectivity index (χ3v) is 1.02. The van der Waals surface area contributed by atoms with E-state index in [0.717, 1.165) is 0 Å². The number of rotatable bonds is 4. The summed E-state index contributed by atoms with van der Waals surface area (Å²) in [5.41, 5.74) is 9.81. The molecule has 74 valence electrons. The van der Waals surface area contributed by atoms with Gasteiger partial charge in [-0.1, -0.05) is 0 Å². The molecule has 0 aliphatic carbocycles. The van der Waals surface area contributed by atoms with Crippen LogP contribution >= 0.6 is 0 Å². The number of amides is 1. The minimum atomic E-state index is -1.11. The van der Waals surface area contributed by atoms with Crippen LogP contribution in [0.2, 0.25) is 0 Å². The molecule has 0 rings (SSSR count). The summed E-state index contributed by atoms with van der Waals surface area (Å²) in [7, 11) is 0. The molecule has 0 saturated carbocycles. The van der Waals surface area contributed by atoms with Crippen LogP contribution in [0.3, 0.4) is 0 Å². The molecule has 7 nitrogen and oxygen atoms in total. The molecular weight excluding hydrogens is 180 g/mol. The van der Waals surface area contributed by atoms with Gasteiger partial charge in [0.2, 0.25) is 5.91 Å². The van der Waals surface area contributed by atoms with Crippen LogP contribution in [0.5, 0.6) is 0 Å². The highest BCUT2D eigenvalue weighted by Crippen LogP contribution is 1.92. The second kappa shape index (κ2) is 8.38. The highest BCUT2D eigenvalue weighted by atomic mass is 16.4. The first-order valence-electron chi connectivity index (χ1n) is 3.21. The Morgan fingerprint density at radius 2 is 1.77 bits per heavy atom. The zero-order chi connectivity index (χ0) is 10.9. The van der Waals surface area contributed by atoms with Crippen molar-refractivity contribution in [3.05, 3.63) is 0 Å². The van der Waals surface area contributed by atoms with E-state index in [4.69, 9.17) is 26.2 Å². The Bertz CT molecular complexity index is 209. The van der Waals surface area contributed by atoms with Crippen molar-refractivity contribution in [1.82, 2.24) is 0 Å². The Labute approximate surface area is 73.7 Å². The Morgan fingerprint density at radius 1 is 1.38 bits per heavy atom. The van der Waals surface area contributed by atoms with E-state index >= 15 is 0 Å². The molecule has 13 heavy (non-hydrogen) atoms. The monoisotopic (exact) mass is 190 g/mol. The van der Waals surface area contributed by atoms with Gasteiger partial charge in [0, 0.05) is 6.42 Å². The van der Waals surface area contributed by atoms with Gasteiger partial charge in [-0.05, 0) is 6.42 Å². The third-order valence-electron chi connectivity index (χ3n) is 1.02. The highest BCUT2D eigenvalue weighted by Gasteiger charge is 2.11. The first-order chi connectivity index (χ1) is 5.95. The van der Waals surface area contributed by atoms with Crippen LogP contribution in [0.15, 0.2) is 0 Å². The normalized spacial score (nSPS) is 10.2. The van der Waals surface area contributed by atoms with E-state index in [1.165, 1.54) is 0 Å². The molecule has 0 aliphatic heterocycles. The number of carboxylic acids is 1. The van der Waals surface area contributed by atoms with Crippen LogP contribution in [-0.2, 0) is 19.2 Å². The Hall–Kier alpha value is -1.72. The van der Waals surface area contributed by atoms with Crippen LogP contribution in [0.4, 0.5) is 0 Å². The lowest BCUT2D eigenvalue weighted by Gasteiger charge is -2.01. The summed E-state index contributed by atoms with van der Waals surface area (Å²) >= 11 is 0. The summed E-state index contributed by atoms with van der Waals surface area (Å²) in [5, 5.41) is 8.22. The molecule has 0 aliphatic rings. The van der Waals surface area contributed by atoms with Crippen molar-refractivity contribution in [2.45, 2.75) is 18.9 Å². The molecule has 1 atom stereocenters. The van der Waals surface area contributed by atoms with E-state index in [9.17, 15) is 9.59 Å². The number of hydrogen-bond donors (Lipinski definition) is 3. The molecule has 0 spiro atoms. The molecule has 0 unspecified atom stereocenters. The van der Waals surface area contributed by atoms with Gasteiger partial charge < -0.3 is 16.6 Å². The largest absolute Gasteiger partial charge is 0.480 e. The second-order valence-corrected chi connectivity index (χ2v) is 2.03. The Morgan fingerprint density at radius 3 is 2.00 bits per heavy atom. The predicted molar refractivity (Wildman–Crippen MR) is 39.0 cm³/mol. The minimum Gasteiger partial charge on any atom is -0.480 e. The summed E-state index contributed by atoms with van der Waals surface area (Å²) < 4.78 is 0. The molecule has 0 fully saturated rings. The van der Waals surface area contributed by atoms with Gasteiger partial charge in [0.25, 0.3) is 0 Å². The van der Waals surface area contributed by atoms with Gasteiger partial charge in [-0.2, -0.15) is 9.59 Å². The van der Waals surface area contributed by atoms with E-state index in [0.29, 0.717) is 0 Å². The van der Waals surface area contributed by atoms with Crippen LogP contribution in [0.1, 0.15) is 12.8 Å². The third kappa shape index (κ3) is 13.3. The van der Waals surface area contributed by atoms with Gasteiger partial charge in [-0.15, -0.1) is 0 Å². The zero-order valence-corrected chi connectivity index (χ0v) is 6.73. The summed E-state index contributed by atoms with van der Waals surface area (Å²) in [6.07, 6.45) is 0.373. The van der Waals surface area contributed by atoms with Crippen molar-refractivity contribution in [2.75, 3.05) is 0 Å². The molecule has 0 aromatic carbocycles. The lowest BCUT2D eigenvalue weighted by molar-refractivity contribution is -0.191. The highest BCUT2D eigenvalue weighted by molar-refractivity contribution is 5.76. The Balaban J connectivity index is 0. The average Bonchev–Trinajstić information content (AvgIpc) is 2.01. The van der Waals surface area contributed by atoms with Crippen molar-refractivity contribution < 1.29 is 24.3 Å². The van der Waals surface area contributed by atoms with E-state index in [2.05, 4.69) is 0 Å². The first kappa shape index (κ1) is 13.8. The number of nitrogens with two attached hydrogens (primary N) is 2. The summed E-state index contributed by atoms with van der Waals surface area (Å²) in [5.74, 6) is -1.64. The number of hydrogen-bond acceptors (Lipinski definition) is 5. The molecule has 0 saturated heterocycles.